The van der Waals surface area contributed by atoms with E-state index in [-0.39, 0.29) is 6.61 Å². The number of hydrogen-bond donors (Lipinski definition) is 1. The van der Waals surface area contributed by atoms with Gasteiger partial charge in [0.15, 0.2) is 11.6 Å². The molecule has 4 nitrogen and oxygen atoms in total. The van der Waals surface area contributed by atoms with Crippen LogP contribution in [0.1, 0.15) is 25.2 Å². The quantitative estimate of drug-likeness (QED) is 0.936. The zero-order chi connectivity index (χ0) is 14.0. The molecule has 0 aliphatic heterocycles. The van der Waals surface area contributed by atoms with Gasteiger partial charge in [0, 0.05) is 17.1 Å². The SMILES string of the molecule is Cc1cc(-c2nnc(CO)n2CC(C)C)ccc1Cl. The Morgan fingerprint density at radius 2 is 2.05 bits per heavy atom. The average Bonchev–Trinajstić information content (AvgIpc) is 2.75. The summed E-state index contributed by atoms with van der Waals surface area (Å²) in [5.41, 5.74) is 1.97. The second-order valence-electron chi connectivity index (χ2n) is 5.07. The molecule has 1 aromatic carbocycles. The zero-order valence-electron chi connectivity index (χ0n) is 11.4. The molecule has 0 unspecified atom stereocenters. The lowest BCUT2D eigenvalue weighted by atomic mass is 10.1. The van der Waals surface area contributed by atoms with Crippen LogP contribution in [0, 0.1) is 12.8 Å². The van der Waals surface area contributed by atoms with Crippen molar-refractivity contribution in [2.75, 3.05) is 0 Å². The second kappa shape index (κ2) is 5.72. The fourth-order valence-electron chi connectivity index (χ4n) is 2.01. The van der Waals surface area contributed by atoms with Crippen molar-refractivity contribution in [1.29, 1.82) is 0 Å². The maximum atomic E-state index is 9.35. The van der Waals surface area contributed by atoms with E-state index < -0.39 is 0 Å². The third-order valence-corrected chi connectivity index (χ3v) is 3.36. The van der Waals surface area contributed by atoms with Crippen LogP contribution in [0.5, 0.6) is 0 Å². The van der Waals surface area contributed by atoms with Crippen molar-refractivity contribution >= 4 is 11.6 Å². The monoisotopic (exact) mass is 279 g/mol. The number of aliphatic hydroxyl groups is 1. The molecule has 19 heavy (non-hydrogen) atoms. The molecule has 1 heterocycles. The lowest BCUT2D eigenvalue weighted by Crippen LogP contribution is -2.10. The third kappa shape index (κ3) is 2.96. The summed E-state index contributed by atoms with van der Waals surface area (Å²) in [5.74, 6) is 1.82. The van der Waals surface area contributed by atoms with Gasteiger partial charge in [-0.05, 0) is 36.6 Å². The molecule has 1 aromatic heterocycles. The molecule has 1 N–H and O–H groups in total. The Bertz CT molecular complexity index is 578. The van der Waals surface area contributed by atoms with Crippen LogP contribution in [0.4, 0.5) is 0 Å². The molecule has 2 aromatic rings. The highest BCUT2D eigenvalue weighted by Gasteiger charge is 2.14. The lowest BCUT2D eigenvalue weighted by Gasteiger charge is -2.12. The van der Waals surface area contributed by atoms with Gasteiger partial charge in [-0.3, -0.25) is 0 Å². The molecule has 0 spiro atoms. The van der Waals surface area contributed by atoms with Crippen molar-refractivity contribution in [2.24, 2.45) is 5.92 Å². The highest BCUT2D eigenvalue weighted by atomic mass is 35.5. The normalized spacial score (nSPS) is 11.3. The van der Waals surface area contributed by atoms with Gasteiger partial charge < -0.3 is 9.67 Å². The van der Waals surface area contributed by atoms with Crippen LogP contribution >= 0.6 is 11.6 Å². The summed E-state index contributed by atoms with van der Waals surface area (Å²) in [7, 11) is 0. The predicted octanol–water partition coefficient (Wildman–Crippen LogP) is 3.06. The van der Waals surface area contributed by atoms with E-state index in [1.807, 2.05) is 29.7 Å². The Labute approximate surface area is 118 Å². The molecule has 0 atom stereocenters. The van der Waals surface area contributed by atoms with E-state index in [2.05, 4.69) is 24.0 Å². The molecule has 0 amide bonds. The summed E-state index contributed by atoms with van der Waals surface area (Å²) in [6.45, 7) is 6.88. The Balaban J connectivity index is 2.48. The van der Waals surface area contributed by atoms with E-state index >= 15 is 0 Å². The average molecular weight is 280 g/mol. The number of aryl methyl sites for hydroxylation is 1. The van der Waals surface area contributed by atoms with Crippen LogP contribution in [-0.2, 0) is 13.2 Å². The van der Waals surface area contributed by atoms with Crippen molar-refractivity contribution < 1.29 is 5.11 Å². The van der Waals surface area contributed by atoms with Gasteiger partial charge in [-0.25, -0.2) is 0 Å². The lowest BCUT2D eigenvalue weighted by molar-refractivity contribution is 0.262. The summed E-state index contributed by atoms with van der Waals surface area (Å²) < 4.78 is 1.97. The van der Waals surface area contributed by atoms with Crippen LogP contribution in [0.15, 0.2) is 18.2 Å². The van der Waals surface area contributed by atoms with Gasteiger partial charge in [-0.1, -0.05) is 25.4 Å². The molecule has 0 fully saturated rings. The summed E-state index contributed by atoms with van der Waals surface area (Å²) in [5, 5.41) is 18.3. The Hall–Kier alpha value is -1.39. The van der Waals surface area contributed by atoms with E-state index in [0.29, 0.717) is 11.7 Å². The van der Waals surface area contributed by atoms with Gasteiger partial charge in [0.2, 0.25) is 0 Å². The minimum atomic E-state index is -0.105. The fourth-order valence-corrected chi connectivity index (χ4v) is 2.12. The van der Waals surface area contributed by atoms with Gasteiger partial charge in [0.1, 0.15) is 6.61 Å². The molecule has 0 aliphatic rings. The molecule has 0 bridgehead atoms. The highest BCUT2D eigenvalue weighted by molar-refractivity contribution is 6.31. The van der Waals surface area contributed by atoms with Gasteiger partial charge in [-0.15, -0.1) is 10.2 Å². The summed E-state index contributed by atoms with van der Waals surface area (Å²) in [4.78, 5) is 0. The standard InChI is InChI=1S/C14H18ClN3O/c1-9(2)7-18-13(8-19)16-17-14(18)11-4-5-12(15)10(3)6-11/h4-6,9,19H,7-8H2,1-3H3. The van der Waals surface area contributed by atoms with Crippen molar-refractivity contribution in [3.05, 3.63) is 34.6 Å². The number of aromatic nitrogens is 3. The van der Waals surface area contributed by atoms with E-state index in [1.54, 1.807) is 0 Å². The summed E-state index contributed by atoms with van der Waals surface area (Å²) in [6.07, 6.45) is 0. The Kier molecular flexibility index (Phi) is 4.22. The van der Waals surface area contributed by atoms with Gasteiger partial charge in [0.25, 0.3) is 0 Å². The van der Waals surface area contributed by atoms with Crippen LogP contribution < -0.4 is 0 Å². The van der Waals surface area contributed by atoms with Crippen molar-refractivity contribution in [3.63, 3.8) is 0 Å². The molecule has 5 heteroatoms. The first-order chi connectivity index (χ1) is 9.02. The van der Waals surface area contributed by atoms with Crippen molar-refractivity contribution in [1.82, 2.24) is 14.8 Å². The number of nitrogens with zero attached hydrogens (tertiary/aromatic N) is 3. The largest absolute Gasteiger partial charge is 0.388 e. The van der Waals surface area contributed by atoms with Crippen molar-refractivity contribution in [3.8, 4) is 11.4 Å². The summed E-state index contributed by atoms with van der Waals surface area (Å²) >= 11 is 6.04. The van der Waals surface area contributed by atoms with Crippen LogP contribution in [0.25, 0.3) is 11.4 Å². The van der Waals surface area contributed by atoms with E-state index in [9.17, 15) is 5.11 Å². The molecule has 2 rings (SSSR count). The second-order valence-corrected chi connectivity index (χ2v) is 5.47. The first-order valence-corrected chi connectivity index (χ1v) is 6.70. The van der Waals surface area contributed by atoms with Crippen LogP contribution in [0.3, 0.4) is 0 Å². The molecule has 0 saturated heterocycles. The van der Waals surface area contributed by atoms with Gasteiger partial charge in [0.05, 0.1) is 0 Å². The number of halogens is 1. The predicted molar refractivity (Wildman–Crippen MR) is 76.0 cm³/mol. The smallest absolute Gasteiger partial charge is 0.164 e. The first kappa shape index (κ1) is 14.0. The molecule has 0 saturated carbocycles. The first-order valence-electron chi connectivity index (χ1n) is 6.32. The minimum absolute atomic E-state index is 0.105. The highest BCUT2D eigenvalue weighted by Crippen LogP contribution is 2.24. The molecular weight excluding hydrogens is 262 g/mol. The fraction of sp³-hybridized carbons (Fsp3) is 0.429. The number of rotatable bonds is 4. The van der Waals surface area contributed by atoms with Gasteiger partial charge >= 0.3 is 0 Å². The topological polar surface area (TPSA) is 50.9 Å². The summed E-state index contributed by atoms with van der Waals surface area (Å²) in [6, 6.07) is 5.78. The Morgan fingerprint density at radius 3 is 2.63 bits per heavy atom. The number of aliphatic hydroxyl groups excluding tert-OH is 1. The minimum Gasteiger partial charge on any atom is -0.388 e. The zero-order valence-corrected chi connectivity index (χ0v) is 12.1. The van der Waals surface area contributed by atoms with Crippen LogP contribution in [-0.4, -0.2) is 19.9 Å². The van der Waals surface area contributed by atoms with Crippen LogP contribution in [0.2, 0.25) is 5.02 Å². The Morgan fingerprint density at radius 1 is 1.32 bits per heavy atom. The maximum Gasteiger partial charge on any atom is 0.164 e. The van der Waals surface area contributed by atoms with E-state index in [0.717, 1.165) is 28.5 Å². The third-order valence-electron chi connectivity index (χ3n) is 2.93. The van der Waals surface area contributed by atoms with E-state index in [4.69, 9.17) is 11.6 Å². The van der Waals surface area contributed by atoms with Crippen molar-refractivity contribution in [2.45, 2.75) is 33.9 Å². The maximum absolute atomic E-state index is 9.35. The van der Waals surface area contributed by atoms with E-state index in [1.165, 1.54) is 0 Å². The molecule has 102 valence electrons. The van der Waals surface area contributed by atoms with Gasteiger partial charge in [-0.2, -0.15) is 0 Å². The number of benzene rings is 1. The number of hydrogen-bond acceptors (Lipinski definition) is 3. The molecular formula is C14H18ClN3O. The molecule has 0 aliphatic carbocycles. The molecule has 0 radical (unpaired) electrons.